The van der Waals surface area contributed by atoms with Crippen molar-refractivity contribution in [3.63, 3.8) is 0 Å². The van der Waals surface area contributed by atoms with E-state index < -0.39 is 8.53 Å². The van der Waals surface area contributed by atoms with Crippen molar-refractivity contribution in [3.8, 4) is 0 Å². The summed E-state index contributed by atoms with van der Waals surface area (Å²) in [6.07, 6.45) is 1.29. The molecule has 2 rings (SSSR count). The summed E-state index contributed by atoms with van der Waals surface area (Å²) in [5.41, 5.74) is 0. The molecule has 0 spiro atoms. The molecule has 0 aromatic heterocycles. The Morgan fingerprint density at radius 1 is 1.70 bits per heavy atom. The van der Waals surface area contributed by atoms with E-state index >= 15 is 0 Å². The highest BCUT2D eigenvalue weighted by molar-refractivity contribution is 7.44. The van der Waals surface area contributed by atoms with Gasteiger partial charge in [-0.25, -0.2) is 4.67 Å². The minimum Gasteiger partial charge on any atom is -0.325 e. The van der Waals surface area contributed by atoms with Crippen LogP contribution in [0.15, 0.2) is 0 Å². The van der Waals surface area contributed by atoms with Crippen LogP contribution in [0.4, 0.5) is 0 Å². The van der Waals surface area contributed by atoms with E-state index in [0.717, 1.165) is 12.5 Å². The van der Waals surface area contributed by atoms with Crippen LogP contribution >= 0.6 is 8.53 Å². The molecule has 0 aromatic carbocycles. The topological polar surface area (TPSA) is 21.7 Å². The van der Waals surface area contributed by atoms with E-state index in [0.29, 0.717) is 0 Å². The van der Waals surface area contributed by atoms with Gasteiger partial charge in [0.25, 0.3) is 8.53 Å². The molecule has 0 aliphatic carbocycles. The molecule has 3 atom stereocenters. The summed E-state index contributed by atoms with van der Waals surface area (Å²) in [5.74, 6) is 0.786. The van der Waals surface area contributed by atoms with Crippen LogP contribution in [0.1, 0.15) is 6.42 Å². The molecule has 2 saturated heterocycles. The first-order valence-corrected chi connectivity index (χ1v) is 4.75. The highest BCUT2D eigenvalue weighted by Crippen LogP contribution is 2.49. The lowest BCUT2D eigenvalue weighted by Crippen LogP contribution is -2.23. The maximum absolute atomic E-state index is 5.48. The fourth-order valence-corrected chi connectivity index (χ4v) is 3.00. The maximum atomic E-state index is 5.48. The van der Waals surface area contributed by atoms with Crippen LogP contribution in [0, 0.1) is 5.92 Å². The summed E-state index contributed by atoms with van der Waals surface area (Å²) >= 11 is 0. The Labute approximate surface area is 62.3 Å². The highest BCUT2D eigenvalue weighted by atomic mass is 31.2. The van der Waals surface area contributed by atoms with Crippen LogP contribution in [-0.4, -0.2) is 31.5 Å². The second kappa shape index (κ2) is 2.74. The van der Waals surface area contributed by atoms with Gasteiger partial charge in [0, 0.05) is 20.2 Å². The SMILES string of the molecule is COP1OC[C@H]2CCN1C2. The lowest BCUT2D eigenvalue weighted by molar-refractivity contribution is 0.183. The molecular weight excluding hydrogens is 149 g/mol. The Morgan fingerprint density at radius 3 is 3.40 bits per heavy atom. The predicted octanol–water partition coefficient (Wildman–Crippen LogP) is 1.21. The Kier molecular flexibility index (Phi) is 1.92. The molecule has 0 amide bonds. The van der Waals surface area contributed by atoms with E-state index in [9.17, 15) is 0 Å². The molecule has 2 bridgehead atoms. The summed E-state index contributed by atoms with van der Waals surface area (Å²) in [6, 6.07) is 0. The fourth-order valence-electron chi connectivity index (χ4n) is 1.52. The summed E-state index contributed by atoms with van der Waals surface area (Å²) in [6.45, 7) is 3.28. The average Bonchev–Trinajstić information content (AvgIpc) is 2.34. The molecule has 0 N–H and O–H groups in total. The lowest BCUT2D eigenvalue weighted by atomic mass is 10.1. The summed E-state index contributed by atoms with van der Waals surface area (Å²) in [7, 11) is 1.07. The molecule has 2 heterocycles. The first kappa shape index (κ1) is 6.99. The molecule has 2 aliphatic rings. The lowest BCUT2D eigenvalue weighted by Gasteiger charge is -2.28. The van der Waals surface area contributed by atoms with E-state index in [1.807, 2.05) is 0 Å². The monoisotopic (exact) mass is 161 g/mol. The third-order valence-electron chi connectivity index (χ3n) is 2.07. The number of hydrogen-bond acceptors (Lipinski definition) is 3. The van der Waals surface area contributed by atoms with Crippen molar-refractivity contribution >= 4 is 8.53 Å². The molecule has 3 nitrogen and oxygen atoms in total. The summed E-state index contributed by atoms with van der Waals surface area (Å²) in [4.78, 5) is 0. The zero-order valence-electron chi connectivity index (χ0n) is 6.12. The third-order valence-corrected chi connectivity index (χ3v) is 3.58. The van der Waals surface area contributed by atoms with Gasteiger partial charge in [0.2, 0.25) is 0 Å². The van der Waals surface area contributed by atoms with E-state index in [4.69, 9.17) is 9.05 Å². The first-order valence-electron chi connectivity index (χ1n) is 3.62. The molecular formula is C6H12NO2P. The Morgan fingerprint density at radius 2 is 2.60 bits per heavy atom. The van der Waals surface area contributed by atoms with Gasteiger partial charge in [-0.1, -0.05) is 0 Å². The zero-order valence-corrected chi connectivity index (χ0v) is 7.01. The molecule has 2 aliphatic heterocycles. The van der Waals surface area contributed by atoms with Gasteiger partial charge in [-0.2, -0.15) is 0 Å². The molecule has 0 saturated carbocycles. The van der Waals surface area contributed by atoms with Gasteiger partial charge in [0.1, 0.15) is 0 Å². The Hall–Kier alpha value is 0.310. The fraction of sp³-hybridized carbons (Fsp3) is 1.00. The molecule has 0 radical (unpaired) electrons. The molecule has 4 heteroatoms. The highest BCUT2D eigenvalue weighted by Gasteiger charge is 2.35. The van der Waals surface area contributed by atoms with Crippen LogP contribution in [0.25, 0.3) is 0 Å². The molecule has 10 heavy (non-hydrogen) atoms. The van der Waals surface area contributed by atoms with Crippen molar-refractivity contribution in [2.45, 2.75) is 6.42 Å². The van der Waals surface area contributed by atoms with Crippen LogP contribution < -0.4 is 0 Å². The minimum absolute atomic E-state index is 0.658. The van der Waals surface area contributed by atoms with Crippen molar-refractivity contribution < 1.29 is 9.05 Å². The Bertz CT molecular complexity index is 133. The number of fused-ring (bicyclic) bond motifs is 2. The molecule has 2 unspecified atom stereocenters. The van der Waals surface area contributed by atoms with Crippen molar-refractivity contribution in [2.75, 3.05) is 26.8 Å². The largest absolute Gasteiger partial charge is 0.325 e. The first-order chi connectivity index (χ1) is 4.90. The summed E-state index contributed by atoms with van der Waals surface area (Å²) < 4.78 is 13.0. The Balaban J connectivity index is 2.00. The minimum atomic E-state index is -0.658. The quantitative estimate of drug-likeness (QED) is 0.539. The van der Waals surface area contributed by atoms with E-state index in [-0.39, 0.29) is 0 Å². The molecule has 58 valence electrons. The van der Waals surface area contributed by atoms with Crippen molar-refractivity contribution in [2.24, 2.45) is 5.92 Å². The van der Waals surface area contributed by atoms with E-state index in [1.54, 1.807) is 7.11 Å². The van der Waals surface area contributed by atoms with E-state index in [1.165, 1.54) is 19.5 Å². The maximum Gasteiger partial charge on any atom is 0.258 e. The van der Waals surface area contributed by atoms with Crippen molar-refractivity contribution in [3.05, 3.63) is 0 Å². The van der Waals surface area contributed by atoms with Gasteiger partial charge in [-0.05, 0) is 12.3 Å². The van der Waals surface area contributed by atoms with Gasteiger partial charge in [-0.3, -0.25) is 0 Å². The molecule has 0 aromatic rings. The number of hydrogen-bond donors (Lipinski definition) is 0. The number of rotatable bonds is 1. The van der Waals surface area contributed by atoms with Gasteiger partial charge in [0.05, 0.1) is 6.61 Å². The van der Waals surface area contributed by atoms with E-state index in [2.05, 4.69) is 4.67 Å². The van der Waals surface area contributed by atoms with Gasteiger partial charge < -0.3 is 9.05 Å². The normalized spacial score (nSPS) is 45.9. The standard InChI is InChI=1S/C6H12NO2P/c1-8-10-7-3-2-6(4-7)5-9-10/h6H,2-5H2,1H3/t6-,10?/m0/s1. The number of nitrogens with zero attached hydrogens (tertiary/aromatic N) is 1. The van der Waals surface area contributed by atoms with Crippen LogP contribution in [-0.2, 0) is 9.05 Å². The van der Waals surface area contributed by atoms with Gasteiger partial charge >= 0.3 is 0 Å². The zero-order chi connectivity index (χ0) is 6.97. The van der Waals surface area contributed by atoms with Gasteiger partial charge in [0.15, 0.2) is 0 Å². The second-order valence-corrected chi connectivity index (χ2v) is 4.45. The average molecular weight is 161 g/mol. The van der Waals surface area contributed by atoms with Crippen LogP contribution in [0.3, 0.4) is 0 Å². The van der Waals surface area contributed by atoms with Crippen molar-refractivity contribution in [1.82, 2.24) is 4.67 Å². The van der Waals surface area contributed by atoms with Crippen LogP contribution in [0.2, 0.25) is 0 Å². The third kappa shape index (κ3) is 1.08. The summed E-state index contributed by atoms with van der Waals surface area (Å²) in [5, 5.41) is 0. The smallest absolute Gasteiger partial charge is 0.258 e. The predicted molar refractivity (Wildman–Crippen MR) is 39.6 cm³/mol. The van der Waals surface area contributed by atoms with Crippen molar-refractivity contribution in [1.29, 1.82) is 0 Å². The van der Waals surface area contributed by atoms with Crippen LogP contribution in [0.5, 0.6) is 0 Å². The molecule has 2 fully saturated rings. The van der Waals surface area contributed by atoms with Gasteiger partial charge in [-0.15, -0.1) is 0 Å². The second-order valence-electron chi connectivity index (χ2n) is 2.78.